The molecule has 0 radical (unpaired) electrons. The molecule has 1 amide bonds. The van der Waals surface area contributed by atoms with Crippen LogP contribution in [-0.2, 0) is 17.8 Å². The number of aromatic nitrogens is 3. The molecule has 3 heterocycles. The van der Waals surface area contributed by atoms with Crippen LogP contribution in [0.25, 0.3) is 0 Å². The lowest BCUT2D eigenvalue weighted by molar-refractivity contribution is -0.131. The Kier molecular flexibility index (Phi) is 5.62. The maximum atomic E-state index is 12.6. The zero-order chi connectivity index (χ0) is 16.8. The van der Waals surface area contributed by atoms with Gasteiger partial charge >= 0.3 is 0 Å². The topological polar surface area (TPSA) is 51.0 Å². The first-order valence-corrected chi connectivity index (χ1v) is 8.96. The number of piperidine rings is 1. The van der Waals surface area contributed by atoms with Gasteiger partial charge in [0.2, 0.25) is 5.91 Å². The molecule has 1 aliphatic heterocycles. The Balaban J connectivity index is 1.64. The summed E-state index contributed by atoms with van der Waals surface area (Å²) in [5, 5.41) is 0. The number of amides is 1. The number of carbonyl (C=O) groups excluding carboxylic acids is 1. The van der Waals surface area contributed by atoms with Gasteiger partial charge in [-0.3, -0.25) is 9.78 Å². The number of nitrogens with zero attached hydrogens (tertiary/aromatic N) is 4. The van der Waals surface area contributed by atoms with Crippen molar-refractivity contribution in [3.8, 4) is 0 Å². The largest absolute Gasteiger partial charge is 0.342 e. The third-order valence-electron chi connectivity index (χ3n) is 4.70. The molecule has 1 fully saturated rings. The van der Waals surface area contributed by atoms with Crippen LogP contribution in [0, 0.1) is 0 Å². The molecule has 1 atom stereocenters. The average molecular weight is 326 g/mol. The molecule has 5 heteroatoms. The first-order valence-electron chi connectivity index (χ1n) is 8.96. The van der Waals surface area contributed by atoms with E-state index in [0.717, 1.165) is 44.0 Å². The third-order valence-corrected chi connectivity index (χ3v) is 4.70. The highest BCUT2D eigenvalue weighted by Gasteiger charge is 2.27. The lowest BCUT2D eigenvalue weighted by atomic mass is 9.96. The molecule has 0 aliphatic carbocycles. The Morgan fingerprint density at radius 2 is 2.21 bits per heavy atom. The van der Waals surface area contributed by atoms with E-state index in [2.05, 4.69) is 27.7 Å². The van der Waals surface area contributed by atoms with Crippen LogP contribution in [0.3, 0.4) is 0 Å². The van der Waals surface area contributed by atoms with Crippen LogP contribution in [-0.4, -0.2) is 38.4 Å². The van der Waals surface area contributed by atoms with Crippen molar-refractivity contribution in [2.75, 3.05) is 13.1 Å². The molecule has 24 heavy (non-hydrogen) atoms. The Morgan fingerprint density at radius 3 is 3.00 bits per heavy atom. The summed E-state index contributed by atoms with van der Waals surface area (Å²) in [5.74, 6) is 1.65. The van der Waals surface area contributed by atoms with E-state index < -0.39 is 0 Å². The van der Waals surface area contributed by atoms with Crippen LogP contribution in [0.2, 0.25) is 0 Å². The fourth-order valence-electron chi connectivity index (χ4n) is 3.38. The molecular formula is C19H26N4O. The number of hydrogen-bond donors (Lipinski definition) is 0. The molecule has 3 rings (SSSR count). The molecule has 1 aliphatic rings. The van der Waals surface area contributed by atoms with Gasteiger partial charge < -0.3 is 9.47 Å². The third kappa shape index (κ3) is 4.02. The van der Waals surface area contributed by atoms with Crippen LogP contribution < -0.4 is 0 Å². The average Bonchev–Trinajstić information content (AvgIpc) is 3.09. The van der Waals surface area contributed by atoms with Gasteiger partial charge in [0.1, 0.15) is 5.82 Å². The first kappa shape index (κ1) is 16.7. The van der Waals surface area contributed by atoms with Crippen molar-refractivity contribution in [1.29, 1.82) is 0 Å². The summed E-state index contributed by atoms with van der Waals surface area (Å²) in [5.41, 5.74) is 0.842. The number of carbonyl (C=O) groups is 1. The van der Waals surface area contributed by atoms with Crippen molar-refractivity contribution in [1.82, 2.24) is 19.4 Å². The van der Waals surface area contributed by atoms with Gasteiger partial charge in [-0.15, -0.1) is 0 Å². The maximum absolute atomic E-state index is 12.6. The number of pyridine rings is 1. The van der Waals surface area contributed by atoms with E-state index in [4.69, 9.17) is 0 Å². The van der Waals surface area contributed by atoms with Crippen molar-refractivity contribution in [2.24, 2.45) is 0 Å². The van der Waals surface area contributed by atoms with E-state index in [1.807, 2.05) is 29.3 Å². The molecule has 5 nitrogen and oxygen atoms in total. The monoisotopic (exact) mass is 326 g/mol. The Bertz CT molecular complexity index is 652. The quantitative estimate of drug-likeness (QED) is 0.820. The minimum absolute atomic E-state index is 0.171. The van der Waals surface area contributed by atoms with Gasteiger partial charge in [0, 0.05) is 49.8 Å². The second-order valence-corrected chi connectivity index (χ2v) is 6.51. The highest BCUT2D eigenvalue weighted by Crippen LogP contribution is 2.26. The van der Waals surface area contributed by atoms with Gasteiger partial charge in [-0.05, 0) is 31.4 Å². The zero-order valence-corrected chi connectivity index (χ0v) is 14.4. The van der Waals surface area contributed by atoms with Gasteiger partial charge in [0.15, 0.2) is 0 Å². The summed E-state index contributed by atoms with van der Waals surface area (Å²) >= 11 is 0. The predicted octanol–water partition coefficient (Wildman–Crippen LogP) is 3.03. The van der Waals surface area contributed by atoms with Crippen molar-refractivity contribution >= 4 is 5.91 Å². The van der Waals surface area contributed by atoms with Crippen molar-refractivity contribution in [3.05, 3.63) is 48.3 Å². The normalized spacial score (nSPS) is 17.9. The summed E-state index contributed by atoms with van der Waals surface area (Å²) in [6.07, 6.45) is 10.6. The van der Waals surface area contributed by atoms with Crippen LogP contribution in [0.15, 0.2) is 36.8 Å². The summed E-state index contributed by atoms with van der Waals surface area (Å²) in [7, 11) is 0. The molecule has 2 aromatic heterocycles. The second-order valence-electron chi connectivity index (χ2n) is 6.51. The summed E-state index contributed by atoms with van der Waals surface area (Å²) < 4.78 is 2.26. The Morgan fingerprint density at radius 1 is 1.29 bits per heavy atom. The minimum Gasteiger partial charge on any atom is -0.342 e. The van der Waals surface area contributed by atoms with E-state index in [1.54, 1.807) is 6.20 Å². The van der Waals surface area contributed by atoms with Gasteiger partial charge in [0.25, 0.3) is 0 Å². The molecule has 0 aromatic carbocycles. The lowest BCUT2D eigenvalue weighted by Gasteiger charge is -2.32. The Labute approximate surface area is 143 Å². The smallest absolute Gasteiger partial charge is 0.228 e. The van der Waals surface area contributed by atoms with Crippen LogP contribution >= 0.6 is 0 Å². The number of rotatable bonds is 6. The predicted molar refractivity (Wildman–Crippen MR) is 93.6 cm³/mol. The number of imidazole rings is 1. The van der Waals surface area contributed by atoms with Crippen LogP contribution in [0.1, 0.15) is 50.0 Å². The number of likely N-dealkylation sites (tertiary alicyclic amines) is 1. The van der Waals surface area contributed by atoms with Crippen molar-refractivity contribution < 1.29 is 4.79 Å². The van der Waals surface area contributed by atoms with Gasteiger partial charge in [0.05, 0.1) is 6.42 Å². The fourth-order valence-corrected chi connectivity index (χ4v) is 3.38. The molecule has 0 bridgehead atoms. The highest BCUT2D eigenvalue weighted by atomic mass is 16.2. The van der Waals surface area contributed by atoms with Gasteiger partial charge in [-0.2, -0.15) is 0 Å². The molecule has 1 saturated heterocycles. The summed E-state index contributed by atoms with van der Waals surface area (Å²) in [6, 6.07) is 5.72. The first-order chi connectivity index (χ1) is 11.8. The standard InChI is InChI=1S/C19H26N4O/c1-2-3-11-22-13-10-21-19(22)16-7-6-12-23(15-16)18(24)14-17-8-4-5-9-20-17/h4-5,8-10,13,16H,2-3,6-7,11-12,14-15H2,1H3/t16-/m1/s1. The van der Waals surface area contributed by atoms with E-state index in [1.165, 1.54) is 12.8 Å². The molecular weight excluding hydrogens is 300 g/mol. The molecule has 0 unspecified atom stereocenters. The SMILES string of the molecule is CCCCn1ccnc1[C@@H]1CCCN(C(=O)Cc2ccccn2)C1. The molecule has 128 valence electrons. The zero-order valence-electron chi connectivity index (χ0n) is 14.4. The van der Waals surface area contributed by atoms with Crippen LogP contribution in [0.4, 0.5) is 0 Å². The molecule has 0 saturated carbocycles. The highest BCUT2D eigenvalue weighted by molar-refractivity contribution is 5.78. The molecule has 0 N–H and O–H groups in total. The molecule has 0 spiro atoms. The fraction of sp³-hybridized carbons (Fsp3) is 0.526. The maximum Gasteiger partial charge on any atom is 0.228 e. The summed E-state index contributed by atoms with van der Waals surface area (Å²) in [4.78, 5) is 23.4. The van der Waals surface area contributed by atoms with Crippen LogP contribution in [0.5, 0.6) is 0 Å². The van der Waals surface area contributed by atoms with Crippen molar-refractivity contribution in [3.63, 3.8) is 0 Å². The molecule has 2 aromatic rings. The van der Waals surface area contributed by atoms with Gasteiger partial charge in [-0.1, -0.05) is 19.4 Å². The minimum atomic E-state index is 0.171. The van der Waals surface area contributed by atoms with E-state index in [-0.39, 0.29) is 5.91 Å². The second kappa shape index (κ2) is 8.08. The summed E-state index contributed by atoms with van der Waals surface area (Å²) in [6.45, 7) is 4.84. The van der Waals surface area contributed by atoms with Crippen molar-refractivity contribution in [2.45, 2.75) is 51.5 Å². The van der Waals surface area contributed by atoms with E-state index in [0.29, 0.717) is 12.3 Å². The lowest BCUT2D eigenvalue weighted by Crippen LogP contribution is -2.40. The van der Waals surface area contributed by atoms with E-state index in [9.17, 15) is 4.79 Å². The number of hydrogen-bond acceptors (Lipinski definition) is 3. The number of unbranched alkanes of at least 4 members (excludes halogenated alkanes) is 1. The number of aryl methyl sites for hydroxylation is 1. The Hall–Kier alpha value is -2.17. The van der Waals surface area contributed by atoms with E-state index >= 15 is 0 Å². The van der Waals surface area contributed by atoms with Gasteiger partial charge in [-0.25, -0.2) is 4.98 Å².